The molecule has 1 saturated carbocycles. The van der Waals surface area contributed by atoms with Gasteiger partial charge in [0.2, 0.25) is 5.82 Å². The highest BCUT2D eigenvalue weighted by molar-refractivity contribution is 5.72. The Morgan fingerprint density at radius 3 is 2.80 bits per heavy atom. The molecular weight excluding hydrogens is 256 g/mol. The SMILES string of the molecule is CC[C@@H]1C[C@@H](Nc2cc(C)nc(N)c2[N+](=O)[O-])C[C@@H]1C. The van der Waals surface area contributed by atoms with Crippen LogP contribution >= 0.6 is 0 Å². The number of pyridine rings is 1. The number of aryl methyl sites for hydroxylation is 1. The summed E-state index contributed by atoms with van der Waals surface area (Å²) in [6.45, 7) is 6.23. The first-order valence-electron chi connectivity index (χ1n) is 7.10. The predicted octanol–water partition coefficient (Wildman–Crippen LogP) is 3.12. The lowest BCUT2D eigenvalue weighted by Crippen LogP contribution is -2.17. The van der Waals surface area contributed by atoms with Gasteiger partial charge in [0, 0.05) is 11.7 Å². The van der Waals surface area contributed by atoms with E-state index < -0.39 is 4.92 Å². The topological polar surface area (TPSA) is 94.1 Å². The molecule has 0 unspecified atom stereocenters. The third kappa shape index (κ3) is 2.84. The third-order valence-electron chi connectivity index (χ3n) is 4.26. The molecular formula is C14H22N4O2. The maximum Gasteiger partial charge on any atom is 0.334 e. The van der Waals surface area contributed by atoms with Crippen molar-refractivity contribution >= 4 is 17.2 Å². The number of aromatic nitrogens is 1. The van der Waals surface area contributed by atoms with Gasteiger partial charge in [0.15, 0.2) is 0 Å². The minimum absolute atomic E-state index is 0.0180. The second-order valence-electron chi connectivity index (χ2n) is 5.76. The Bertz CT molecular complexity index is 518. The second-order valence-corrected chi connectivity index (χ2v) is 5.76. The van der Waals surface area contributed by atoms with Gasteiger partial charge >= 0.3 is 5.69 Å². The number of nitrogens with two attached hydrogens (primary N) is 1. The molecule has 1 aliphatic rings. The van der Waals surface area contributed by atoms with Gasteiger partial charge in [0.05, 0.1) is 4.92 Å². The van der Waals surface area contributed by atoms with Gasteiger partial charge in [0.25, 0.3) is 0 Å². The fourth-order valence-electron chi connectivity index (χ4n) is 3.23. The lowest BCUT2D eigenvalue weighted by molar-refractivity contribution is -0.383. The first-order valence-corrected chi connectivity index (χ1v) is 7.10. The van der Waals surface area contributed by atoms with Crippen molar-refractivity contribution in [3.05, 3.63) is 21.9 Å². The number of hydrogen-bond acceptors (Lipinski definition) is 5. The number of nitrogens with zero attached hydrogens (tertiary/aromatic N) is 2. The smallest absolute Gasteiger partial charge is 0.334 e. The molecule has 6 heteroatoms. The first kappa shape index (κ1) is 14.6. The number of hydrogen-bond donors (Lipinski definition) is 2. The van der Waals surface area contributed by atoms with Crippen molar-refractivity contribution in [2.45, 2.75) is 46.1 Å². The normalized spacial score (nSPS) is 25.6. The van der Waals surface area contributed by atoms with Crippen LogP contribution in [0.5, 0.6) is 0 Å². The minimum atomic E-state index is -0.459. The molecule has 110 valence electrons. The molecule has 0 aromatic carbocycles. The van der Waals surface area contributed by atoms with Crippen LogP contribution in [0.1, 0.15) is 38.8 Å². The van der Waals surface area contributed by atoms with Gasteiger partial charge in [-0.15, -0.1) is 0 Å². The van der Waals surface area contributed by atoms with Crippen LogP contribution in [0.15, 0.2) is 6.07 Å². The van der Waals surface area contributed by atoms with Gasteiger partial charge < -0.3 is 11.1 Å². The minimum Gasteiger partial charge on any atom is -0.378 e. The summed E-state index contributed by atoms with van der Waals surface area (Å²) in [6.07, 6.45) is 3.24. The van der Waals surface area contributed by atoms with Crippen LogP contribution < -0.4 is 11.1 Å². The van der Waals surface area contributed by atoms with Crippen LogP contribution in [0.4, 0.5) is 17.2 Å². The summed E-state index contributed by atoms with van der Waals surface area (Å²) in [5.74, 6) is 1.32. The third-order valence-corrected chi connectivity index (χ3v) is 4.26. The van der Waals surface area contributed by atoms with E-state index in [0.29, 0.717) is 23.2 Å². The van der Waals surface area contributed by atoms with Gasteiger partial charge in [-0.05, 0) is 37.7 Å². The molecule has 0 bridgehead atoms. The molecule has 2 rings (SSSR count). The molecule has 3 atom stereocenters. The van der Waals surface area contributed by atoms with Crippen molar-refractivity contribution in [3.63, 3.8) is 0 Å². The van der Waals surface area contributed by atoms with E-state index in [1.54, 1.807) is 13.0 Å². The number of rotatable bonds is 4. The molecule has 0 amide bonds. The largest absolute Gasteiger partial charge is 0.378 e. The zero-order valence-electron chi connectivity index (χ0n) is 12.2. The van der Waals surface area contributed by atoms with Crippen molar-refractivity contribution < 1.29 is 4.92 Å². The van der Waals surface area contributed by atoms with E-state index in [1.165, 1.54) is 0 Å². The van der Waals surface area contributed by atoms with Crippen molar-refractivity contribution in [1.82, 2.24) is 4.98 Å². The highest BCUT2D eigenvalue weighted by Crippen LogP contribution is 2.38. The van der Waals surface area contributed by atoms with Crippen LogP contribution in [0.2, 0.25) is 0 Å². The van der Waals surface area contributed by atoms with Crippen LogP contribution in [-0.4, -0.2) is 15.9 Å². The van der Waals surface area contributed by atoms with Crippen LogP contribution in [0, 0.1) is 28.9 Å². The lowest BCUT2D eigenvalue weighted by Gasteiger charge is -2.15. The maximum absolute atomic E-state index is 11.2. The number of nitrogens with one attached hydrogen (secondary N) is 1. The standard InChI is InChI=1S/C14H22N4O2/c1-4-10-7-11(5-8(10)2)17-12-6-9(3)16-14(15)13(12)18(19)20/h6,8,10-11H,4-5,7H2,1-3H3,(H3,15,16,17)/t8-,10+,11-/m0/s1. The number of anilines is 2. The highest BCUT2D eigenvalue weighted by Gasteiger charge is 2.31. The van der Waals surface area contributed by atoms with Crippen molar-refractivity contribution in [3.8, 4) is 0 Å². The Balaban J connectivity index is 2.23. The van der Waals surface area contributed by atoms with Crippen molar-refractivity contribution in [1.29, 1.82) is 0 Å². The molecule has 0 saturated heterocycles. The van der Waals surface area contributed by atoms with E-state index in [-0.39, 0.29) is 17.5 Å². The quantitative estimate of drug-likeness (QED) is 0.652. The lowest BCUT2D eigenvalue weighted by atomic mass is 9.96. The summed E-state index contributed by atoms with van der Waals surface area (Å²) in [5, 5.41) is 14.5. The van der Waals surface area contributed by atoms with E-state index in [1.807, 2.05) is 0 Å². The molecule has 0 aliphatic heterocycles. The average Bonchev–Trinajstić information content (AvgIpc) is 2.67. The highest BCUT2D eigenvalue weighted by atomic mass is 16.6. The Hall–Kier alpha value is -1.85. The van der Waals surface area contributed by atoms with Gasteiger partial charge in [-0.25, -0.2) is 4.98 Å². The fourth-order valence-corrected chi connectivity index (χ4v) is 3.23. The maximum atomic E-state index is 11.2. The molecule has 3 N–H and O–H groups in total. The molecule has 20 heavy (non-hydrogen) atoms. The summed E-state index contributed by atoms with van der Waals surface area (Å²) < 4.78 is 0. The van der Waals surface area contributed by atoms with Crippen molar-refractivity contribution in [2.24, 2.45) is 11.8 Å². The van der Waals surface area contributed by atoms with Crippen LogP contribution in [-0.2, 0) is 0 Å². The fraction of sp³-hybridized carbons (Fsp3) is 0.643. The van der Waals surface area contributed by atoms with Crippen LogP contribution in [0.3, 0.4) is 0 Å². The summed E-state index contributed by atoms with van der Waals surface area (Å²) >= 11 is 0. The Labute approximate surface area is 118 Å². The first-order chi connectivity index (χ1) is 9.42. The molecule has 0 radical (unpaired) electrons. The van der Waals surface area contributed by atoms with Gasteiger partial charge in [-0.3, -0.25) is 10.1 Å². The summed E-state index contributed by atoms with van der Waals surface area (Å²) in [4.78, 5) is 14.7. The Morgan fingerprint density at radius 1 is 1.55 bits per heavy atom. The van der Waals surface area contributed by atoms with E-state index >= 15 is 0 Å². The zero-order chi connectivity index (χ0) is 14.9. The number of nitrogen functional groups attached to an aromatic ring is 1. The monoisotopic (exact) mass is 278 g/mol. The Morgan fingerprint density at radius 2 is 2.25 bits per heavy atom. The van der Waals surface area contributed by atoms with E-state index in [0.717, 1.165) is 19.3 Å². The summed E-state index contributed by atoms with van der Waals surface area (Å²) in [6, 6.07) is 1.98. The zero-order valence-corrected chi connectivity index (χ0v) is 12.2. The van der Waals surface area contributed by atoms with Gasteiger partial charge in [-0.2, -0.15) is 0 Å². The second kappa shape index (κ2) is 5.64. The van der Waals surface area contributed by atoms with Gasteiger partial charge in [0.1, 0.15) is 5.69 Å². The molecule has 1 heterocycles. The van der Waals surface area contributed by atoms with E-state index in [9.17, 15) is 10.1 Å². The molecule has 6 nitrogen and oxygen atoms in total. The van der Waals surface area contributed by atoms with Crippen molar-refractivity contribution in [2.75, 3.05) is 11.1 Å². The molecule has 1 aromatic heterocycles. The molecule has 1 fully saturated rings. The average molecular weight is 278 g/mol. The molecule has 1 aliphatic carbocycles. The molecule has 1 aromatic rings. The van der Waals surface area contributed by atoms with Crippen LogP contribution in [0.25, 0.3) is 0 Å². The van der Waals surface area contributed by atoms with E-state index in [4.69, 9.17) is 5.73 Å². The number of nitro groups is 1. The Kier molecular flexibility index (Phi) is 4.11. The van der Waals surface area contributed by atoms with Gasteiger partial charge in [-0.1, -0.05) is 20.3 Å². The molecule has 0 spiro atoms. The van der Waals surface area contributed by atoms with E-state index in [2.05, 4.69) is 24.1 Å². The summed E-state index contributed by atoms with van der Waals surface area (Å²) in [5.41, 5.74) is 6.76. The summed E-state index contributed by atoms with van der Waals surface area (Å²) in [7, 11) is 0. The predicted molar refractivity (Wildman–Crippen MR) is 79.6 cm³/mol.